The summed E-state index contributed by atoms with van der Waals surface area (Å²) in [5.41, 5.74) is 0. The van der Waals surface area contributed by atoms with Gasteiger partial charge >= 0.3 is 0 Å². The van der Waals surface area contributed by atoms with E-state index in [4.69, 9.17) is 4.74 Å². The number of phenolic OH excluding ortho intramolecular Hbond substituents is 1. The number of benzene rings is 2. The number of aromatic hydroxyl groups is 1. The predicted octanol–water partition coefficient (Wildman–Crippen LogP) is 3.72. The highest BCUT2D eigenvalue weighted by molar-refractivity contribution is 5.92. The topological polar surface area (TPSA) is 29.5 Å². The fraction of sp³-hybridized carbons (Fsp3) is 0.286. The zero-order valence-electron chi connectivity index (χ0n) is 9.60. The number of hydrogen-bond donors (Lipinski definition) is 1. The molecule has 1 atom stereocenters. The highest BCUT2D eigenvalue weighted by Gasteiger charge is 2.07. The van der Waals surface area contributed by atoms with Gasteiger partial charge in [0.05, 0.1) is 6.10 Å². The molecule has 0 aliphatic rings. The second-order valence-corrected chi connectivity index (χ2v) is 3.97. The average Bonchev–Trinajstić information content (AvgIpc) is 2.30. The van der Waals surface area contributed by atoms with Crippen molar-refractivity contribution in [3.8, 4) is 11.5 Å². The largest absolute Gasteiger partial charge is 0.507 e. The normalized spacial score (nSPS) is 12.6. The van der Waals surface area contributed by atoms with Crippen LogP contribution in [0.15, 0.2) is 36.4 Å². The number of ether oxygens (including phenoxy) is 1. The van der Waals surface area contributed by atoms with Gasteiger partial charge in [0.25, 0.3) is 0 Å². The predicted molar refractivity (Wildman–Crippen MR) is 66.0 cm³/mol. The van der Waals surface area contributed by atoms with Crippen molar-refractivity contribution >= 4 is 10.8 Å². The molecule has 16 heavy (non-hydrogen) atoms. The molecule has 2 aromatic carbocycles. The Labute approximate surface area is 95.5 Å². The molecule has 0 aliphatic heterocycles. The Hall–Kier alpha value is -1.70. The van der Waals surface area contributed by atoms with E-state index in [2.05, 4.69) is 6.92 Å². The van der Waals surface area contributed by atoms with Gasteiger partial charge in [-0.15, -0.1) is 0 Å². The summed E-state index contributed by atoms with van der Waals surface area (Å²) in [5, 5.41) is 11.5. The van der Waals surface area contributed by atoms with Crippen molar-refractivity contribution in [2.45, 2.75) is 26.4 Å². The van der Waals surface area contributed by atoms with Crippen LogP contribution in [0.1, 0.15) is 20.3 Å². The van der Waals surface area contributed by atoms with Crippen LogP contribution in [0.2, 0.25) is 0 Å². The first kappa shape index (κ1) is 10.8. The summed E-state index contributed by atoms with van der Waals surface area (Å²) in [6.45, 7) is 4.13. The summed E-state index contributed by atoms with van der Waals surface area (Å²) in [5.74, 6) is 1.13. The second-order valence-electron chi connectivity index (χ2n) is 3.97. The molecule has 2 rings (SSSR count). The molecule has 0 bridgehead atoms. The Morgan fingerprint density at radius 1 is 1.12 bits per heavy atom. The maximum atomic E-state index is 9.73. The summed E-state index contributed by atoms with van der Waals surface area (Å²) in [7, 11) is 0. The van der Waals surface area contributed by atoms with Crippen LogP contribution in [0, 0.1) is 0 Å². The first-order valence-corrected chi connectivity index (χ1v) is 5.59. The van der Waals surface area contributed by atoms with E-state index in [9.17, 15) is 5.11 Å². The summed E-state index contributed by atoms with van der Waals surface area (Å²) in [4.78, 5) is 0. The fourth-order valence-electron chi connectivity index (χ4n) is 1.67. The second kappa shape index (κ2) is 4.44. The molecule has 84 valence electrons. The van der Waals surface area contributed by atoms with Crippen LogP contribution in [-0.4, -0.2) is 11.2 Å². The van der Waals surface area contributed by atoms with Crippen molar-refractivity contribution in [3.63, 3.8) is 0 Å². The minimum Gasteiger partial charge on any atom is -0.507 e. The van der Waals surface area contributed by atoms with Gasteiger partial charge in [0, 0.05) is 10.8 Å². The molecule has 2 nitrogen and oxygen atoms in total. The molecule has 1 unspecified atom stereocenters. The molecule has 0 aromatic heterocycles. The first-order valence-electron chi connectivity index (χ1n) is 5.59. The minimum atomic E-state index is 0.188. The molecule has 0 spiro atoms. The maximum absolute atomic E-state index is 9.73. The van der Waals surface area contributed by atoms with Crippen LogP contribution >= 0.6 is 0 Å². The Balaban J connectivity index is 2.50. The smallest absolute Gasteiger partial charge is 0.127 e. The van der Waals surface area contributed by atoms with Gasteiger partial charge in [-0.1, -0.05) is 31.2 Å². The minimum absolute atomic E-state index is 0.188. The molecule has 2 heteroatoms. The molecule has 0 amide bonds. The Morgan fingerprint density at radius 3 is 2.56 bits per heavy atom. The third-order valence-electron chi connectivity index (χ3n) is 2.76. The SMILES string of the molecule is CCC(C)Oc1cccc2c(O)cccc12. The van der Waals surface area contributed by atoms with E-state index < -0.39 is 0 Å². The lowest BCUT2D eigenvalue weighted by atomic mass is 10.1. The molecule has 0 saturated carbocycles. The molecule has 0 radical (unpaired) electrons. The zero-order chi connectivity index (χ0) is 11.5. The number of fused-ring (bicyclic) bond motifs is 1. The lowest BCUT2D eigenvalue weighted by molar-refractivity contribution is 0.220. The third-order valence-corrected chi connectivity index (χ3v) is 2.76. The average molecular weight is 216 g/mol. The van der Waals surface area contributed by atoms with Crippen LogP contribution in [0.3, 0.4) is 0 Å². The molecular weight excluding hydrogens is 200 g/mol. The van der Waals surface area contributed by atoms with Gasteiger partial charge in [0.15, 0.2) is 0 Å². The van der Waals surface area contributed by atoms with Crippen LogP contribution < -0.4 is 4.74 Å². The fourth-order valence-corrected chi connectivity index (χ4v) is 1.67. The molecular formula is C14H16O2. The van der Waals surface area contributed by atoms with Gasteiger partial charge in [-0.3, -0.25) is 0 Å². The Bertz CT molecular complexity index is 491. The van der Waals surface area contributed by atoms with Crippen molar-refractivity contribution in [1.82, 2.24) is 0 Å². The van der Waals surface area contributed by atoms with Gasteiger partial charge in [-0.25, -0.2) is 0 Å². The lowest BCUT2D eigenvalue weighted by Gasteiger charge is -2.14. The number of phenols is 1. The van der Waals surface area contributed by atoms with Crippen LogP contribution in [-0.2, 0) is 0 Å². The Kier molecular flexibility index (Phi) is 3.00. The van der Waals surface area contributed by atoms with Gasteiger partial charge in [-0.05, 0) is 25.5 Å². The summed E-state index contributed by atoms with van der Waals surface area (Å²) < 4.78 is 5.82. The highest BCUT2D eigenvalue weighted by atomic mass is 16.5. The van der Waals surface area contributed by atoms with Crippen molar-refractivity contribution in [3.05, 3.63) is 36.4 Å². The monoisotopic (exact) mass is 216 g/mol. The van der Waals surface area contributed by atoms with E-state index in [-0.39, 0.29) is 6.10 Å². The van der Waals surface area contributed by atoms with Crippen LogP contribution in [0.4, 0.5) is 0 Å². The quantitative estimate of drug-likeness (QED) is 0.847. The molecule has 0 fully saturated rings. The summed E-state index contributed by atoms with van der Waals surface area (Å²) in [6, 6.07) is 11.2. The van der Waals surface area contributed by atoms with Crippen LogP contribution in [0.25, 0.3) is 10.8 Å². The standard InChI is InChI=1S/C14H16O2/c1-3-10(2)16-14-9-5-6-11-12(14)7-4-8-13(11)15/h4-10,15H,3H2,1-2H3. The Morgan fingerprint density at radius 2 is 1.81 bits per heavy atom. The van der Waals surface area contributed by atoms with E-state index in [1.54, 1.807) is 6.07 Å². The van der Waals surface area contributed by atoms with Gasteiger partial charge in [0.2, 0.25) is 0 Å². The first-order chi connectivity index (χ1) is 7.72. The van der Waals surface area contributed by atoms with Crippen molar-refractivity contribution < 1.29 is 9.84 Å². The number of hydrogen-bond acceptors (Lipinski definition) is 2. The van der Waals surface area contributed by atoms with Crippen molar-refractivity contribution in [1.29, 1.82) is 0 Å². The van der Waals surface area contributed by atoms with E-state index >= 15 is 0 Å². The third kappa shape index (κ3) is 1.96. The van der Waals surface area contributed by atoms with E-state index in [1.807, 2.05) is 37.3 Å². The van der Waals surface area contributed by atoms with Gasteiger partial charge in [0.1, 0.15) is 11.5 Å². The van der Waals surface area contributed by atoms with Crippen molar-refractivity contribution in [2.24, 2.45) is 0 Å². The summed E-state index contributed by atoms with van der Waals surface area (Å²) >= 11 is 0. The maximum Gasteiger partial charge on any atom is 0.127 e. The lowest BCUT2D eigenvalue weighted by Crippen LogP contribution is -2.09. The molecule has 0 saturated heterocycles. The molecule has 2 aromatic rings. The van der Waals surface area contributed by atoms with Crippen molar-refractivity contribution in [2.75, 3.05) is 0 Å². The van der Waals surface area contributed by atoms with E-state index in [0.29, 0.717) is 5.75 Å². The summed E-state index contributed by atoms with van der Waals surface area (Å²) in [6.07, 6.45) is 1.16. The molecule has 1 N–H and O–H groups in total. The molecule has 0 aliphatic carbocycles. The molecule has 0 heterocycles. The number of rotatable bonds is 3. The van der Waals surface area contributed by atoms with E-state index in [0.717, 1.165) is 22.9 Å². The van der Waals surface area contributed by atoms with E-state index in [1.165, 1.54) is 0 Å². The zero-order valence-corrected chi connectivity index (χ0v) is 9.60. The van der Waals surface area contributed by atoms with Gasteiger partial charge < -0.3 is 9.84 Å². The highest BCUT2D eigenvalue weighted by Crippen LogP contribution is 2.31. The van der Waals surface area contributed by atoms with Crippen LogP contribution in [0.5, 0.6) is 11.5 Å². The van der Waals surface area contributed by atoms with Gasteiger partial charge in [-0.2, -0.15) is 0 Å².